The first-order valence-electron chi connectivity index (χ1n) is 6.61. The number of hydrogen-bond donors (Lipinski definition) is 2. The van der Waals surface area contributed by atoms with Crippen LogP contribution in [0.3, 0.4) is 0 Å². The number of aryl methyl sites for hydroxylation is 1. The SMILES string of the molecule is NCC(c1cccnc1)C(O)CCCc1cccs1. The predicted molar refractivity (Wildman–Crippen MR) is 79.3 cm³/mol. The Balaban J connectivity index is 1.85. The van der Waals surface area contributed by atoms with Gasteiger partial charge in [0.05, 0.1) is 6.10 Å². The molecule has 0 saturated carbocycles. The predicted octanol–water partition coefficient (Wildman–Crippen LogP) is 2.57. The molecule has 102 valence electrons. The topological polar surface area (TPSA) is 59.1 Å². The first kappa shape index (κ1) is 14.2. The summed E-state index contributed by atoms with van der Waals surface area (Å²) in [5.74, 6) is -0.0166. The van der Waals surface area contributed by atoms with Gasteiger partial charge in [-0.15, -0.1) is 11.3 Å². The molecule has 0 saturated heterocycles. The van der Waals surface area contributed by atoms with Gasteiger partial charge < -0.3 is 10.8 Å². The molecule has 0 radical (unpaired) electrons. The molecule has 0 amide bonds. The molecule has 0 spiro atoms. The van der Waals surface area contributed by atoms with E-state index in [9.17, 15) is 5.11 Å². The third-order valence-electron chi connectivity index (χ3n) is 3.33. The molecule has 0 aliphatic carbocycles. The zero-order valence-electron chi connectivity index (χ0n) is 10.9. The van der Waals surface area contributed by atoms with E-state index in [1.54, 1.807) is 23.7 Å². The van der Waals surface area contributed by atoms with E-state index < -0.39 is 6.10 Å². The number of thiophene rings is 1. The van der Waals surface area contributed by atoms with Gasteiger partial charge in [0.1, 0.15) is 0 Å². The summed E-state index contributed by atoms with van der Waals surface area (Å²) in [5, 5.41) is 12.4. The fourth-order valence-electron chi connectivity index (χ4n) is 2.25. The summed E-state index contributed by atoms with van der Waals surface area (Å²) >= 11 is 1.77. The van der Waals surface area contributed by atoms with Gasteiger partial charge in [-0.25, -0.2) is 0 Å². The van der Waals surface area contributed by atoms with Crippen molar-refractivity contribution in [3.05, 3.63) is 52.5 Å². The molecule has 19 heavy (non-hydrogen) atoms. The van der Waals surface area contributed by atoms with E-state index in [0.717, 1.165) is 24.8 Å². The highest BCUT2D eigenvalue weighted by molar-refractivity contribution is 7.09. The molecule has 2 aromatic heterocycles. The van der Waals surface area contributed by atoms with Gasteiger partial charge in [0.25, 0.3) is 0 Å². The summed E-state index contributed by atoms with van der Waals surface area (Å²) in [7, 11) is 0. The number of rotatable bonds is 7. The molecule has 0 aliphatic rings. The first-order chi connectivity index (χ1) is 9.31. The van der Waals surface area contributed by atoms with Gasteiger partial charge >= 0.3 is 0 Å². The Kier molecular flexibility index (Phi) is 5.51. The number of aliphatic hydroxyl groups excluding tert-OH is 1. The minimum absolute atomic E-state index is 0.0166. The van der Waals surface area contributed by atoms with Gasteiger partial charge in [-0.1, -0.05) is 12.1 Å². The highest BCUT2D eigenvalue weighted by Gasteiger charge is 2.19. The molecular weight excluding hydrogens is 256 g/mol. The van der Waals surface area contributed by atoms with Gasteiger partial charge in [0, 0.05) is 29.7 Å². The maximum absolute atomic E-state index is 10.3. The van der Waals surface area contributed by atoms with Crippen molar-refractivity contribution in [3.63, 3.8) is 0 Å². The van der Waals surface area contributed by atoms with Gasteiger partial charge in [-0.05, 0) is 42.3 Å². The second-order valence-corrected chi connectivity index (χ2v) is 5.70. The van der Waals surface area contributed by atoms with E-state index in [4.69, 9.17) is 5.73 Å². The summed E-state index contributed by atoms with van der Waals surface area (Å²) in [6, 6.07) is 8.07. The number of pyridine rings is 1. The number of nitrogens with two attached hydrogens (primary N) is 1. The summed E-state index contributed by atoms with van der Waals surface area (Å²) in [6.45, 7) is 0.450. The van der Waals surface area contributed by atoms with E-state index >= 15 is 0 Å². The van der Waals surface area contributed by atoms with Crippen LogP contribution in [0.1, 0.15) is 29.2 Å². The Morgan fingerprint density at radius 3 is 2.84 bits per heavy atom. The molecule has 0 aromatic carbocycles. The van der Waals surface area contributed by atoms with Gasteiger partial charge in [-0.2, -0.15) is 0 Å². The highest BCUT2D eigenvalue weighted by atomic mass is 32.1. The fourth-order valence-corrected chi connectivity index (χ4v) is 3.00. The van der Waals surface area contributed by atoms with Crippen molar-refractivity contribution in [2.24, 2.45) is 5.73 Å². The summed E-state index contributed by atoms with van der Waals surface area (Å²) in [6.07, 6.45) is 5.92. The Labute approximate surface area is 118 Å². The second kappa shape index (κ2) is 7.38. The summed E-state index contributed by atoms with van der Waals surface area (Å²) in [4.78, 5) is 5.46. The zero-order valence-corrected chi connectivity index (χ0v) is 11.7. The Morgan fingerprint density at radius 2 is 2.21 bits per heavy atom. The minimum Gasteiger partial charge on any atom is -0.392 e. The third kappa shape index (κ3) is 4.13. The maximum Gasteiger partial charge on any atom is 0.0621 e. The van der Waals surface area contributed by atoms with E-state index in [2.05, 4.69) is 22.5 Å². The van der Waals surface area contributed by atoms with Crippen LogP contribution in [0.2, 0.25) is 0 Å². The Morgan fingerprint density at radius 1 is 1.32 bits per heavy atom. The van der Waals surface area contributed by atoms with Crippen molar-refractivity contribution in [1.29, 1.82) is 0 Å². The lowest BCUT2D eigenvalue weighted by atomic mass is 9.91. The molecule has 0 fully saturated rings. The number of aromatic nitrogens is 1. The van der Waals surface area contributed by atoms with Crippen molar-refractivity contribution in [2.45, 2.75) is 31.3 Å². The molecule has 0 aliphatic heterocycles. The molecule has 4 heteroatoms. The lowest BCUT2D eigenvalue weighted by Crippen LogP contribution is -2.26. The van der Waals surface area contributed by atoms with Crippen LogP contribution in [0.25, 0.3) is 0 Å². The molecule has 2 rings (SSSR count). The standard InChI is InChI=1S/C15H20N2OS/c16-10-14(12-4-2-8-17-11-12)15(18)7-1-5-13-6-3-9-19-13/h2-4,6,8-9,11,14-15,18H,1,5,7,10,16H2. The van der Waals surface area contributed by atoms with Crippen LogP contribution in [0.15, 0.2) is 42.0 Å². The van der Waals surface area contributed by atoms with E-state index in [-0.39, 0.29) is 5.92 Å². The Bertz CT molecular complexity index is 458. The normalized spacial score (nSPS) is 14.2. The van der Waals surface area contributed by atoms with Crippen LogP contribution < -0.4 is 5.73 Å². The van der Waals surface area contributed by atoms with Crippen LogP contribution in [0.5, 0.6) is 0 Å². The van der Waals surface area contributed by atoms with Crippen LogP contribution in [0.4, 0.5) is 0 Å². The lowest BCUT2D eigenvalue weighted by molar-refractivity contribution is 0.133. The quantitative estimate of drug-likeness (QED) is 0.817. The maximum atomic E-state index is 10.3. The fraction of sp³-hybridized carbons (Fsp3) is 0.400. The molecule has 2 heterocycles. The monoisotopic (exact) mass is 276 g/mol. The molecule has 2 atom stereocenters. The molecule has 2 unspecified atom stereocenters. The summed E-state index contributed by atoms with van der Waals surface area (Å²) < 4.78 is 0. The van der Waals surface area contributed by atoms with Crippen molar-refractivity contribution in [3.8, 4) is 0 Å². The van der Waals surface area contributed by atoms with E-state index in [0.29, 0.717) is 6.54 Å². The number of hydrogen-bond acceptors (Lipinski definition) is 4. The van der Waals surface area contributed by atoms with Gasteiger partial charge in [0.15, 0.2) is 0 Å². The third-order valence-corrected chi connectivity index (χ3v) is 4.27. The lowest BCUT2D eigenvalue weighted by Gasteiger charge is -2.21. The molecule has 3 N–H and O–H groups in total. The number of nitrogens with zero attached hydrogens (tertiary/aromatic N) is 1. The van der Waals surface area contributed by atoms with Crippen molar-refractivity contribution in [2.75, 3.05) is 6.54 Å². The van der Waals surface area contributed by atoms with E-state index in [1.165, 1.54) is 4.88 Å². The minimum atomic E-state index is -0.394. The average molecular weight is 276 g/mol. The van der Waals surface area contributed by atoms with Crippen molar-refractivity contribution < 1.29 is 5.11 Å². The molecule has 0 bridgehead atoms. The molecular formula is C15H20N2OS. The van der Waals surface area contributed by atoms with Crippen LogP contribution in [-0.2, 0) is 6.42 Å². The zero-order chi connectivity index (χ0) is 13.5. The second-order valence-electron chi connectivity index (χ2n) is 4.67. The van der Waals surface area contributed by atoms with Crippen molar-refractivity contribution in [1.82, 2.24) is 4.98 Å². The number of aliphatic hydroxyl groups is 1. The highest BCUT2D eigenvalue weighted by Crippen LogP contribution is 2.22. The van der Waals surface area contributed by atoms with Crippen LogP contribution in [-0.4, -0.2) is 22.7 Å². The van der Waals surface area contributed by atoms with Crippen LogP contribution in [0, 0.1) is 0 Å². The van der Waals surface area contributed by atoms with E-state index in [1.807, 2.05) is 12.1 Å². The smallest absolute Gasteiger partial charge is 0.0621 e. The average Bonchev–Trinajstić information content (AvgIpc) is 2.94. The largest absolute Gasteiger partial charge is 0.392 e. The van der Waals surface area contributed by atoms with Crippen LogP contribution >= 0.6 is 11.3 Å². The van der Waals surface area contributed by atoms with Gasteiger partial charge in [0.2, 0.25) is 0 Å². The summed E-state index contributed by atoms with van der Waals surface area (Å²) in [5.41, 5.74) is 6.81. The van der Waals surface area contributed by atoms with Gasteiger partial charge in [-0.3, -0.25) is 4.98 Å². The first-order valence-corrected chi connectivity index (χ1v) is 7.49. The molecule has 3 nitrogen and oxygen atoms in total. The molecule has 2 aromatic rings. The Hall–Kier alpha value is -1.23. The van der Waals surface area contributed by atoms with Crippen molar-refractivity contribution >= 4 is 11.3 Å².